The van der Waals surface area contributed by atoms with Crippen molar-refractivity contribution in [1.29, 1.82) is 5.26 Å². The second-order valence-corrected chi connectivity index (χ2v) is 7.02. The van der Waals surface area contributed by atoms with Crippen LogP contribution in [0, 0.1) is 11.3 Å². The Hall–Kier alpha value is -1.42. The number of piperidine rings is 1. The first-order valence-corrected chi connectivity index (χ1v) is 8.48. The van der Waals surface area contributed by atoms with Crippen LogP contribution in [0.2, 0.25) is 0 Å². The lowest BCUT2D eigenvalue weighted by Crippen LogP contribution is -2.43. The van der Waals surface area contributed by atoms with E-state index >= 15 is 0 Å². The average Bonchev–Trinajstić information content (AvgIpc) is 2.48. The molecule has 1 aliphatic heterocycles. The summed E-state index contributed by atoms with van der Waals surface area (Å²) < 4.78 is 24.3. The van der Waals surface area contributed by atoms with Crippen molar-refractivity contribution in [3.05, 3.63) is 29.8 Å². The lowest BCUT2D eigenvalue weighted by Gasteiger charge is -2.27. The van der Waals surface area contributed by atoms with Crippen LogP contribution < -0.4 is 5.43 Å². The molecule has 1 saturated heterocycles. The molecule has 5 nitrogen and oxygen atoms in total. The van der Waals surface area contributed by atoms with E-state index in [-0.39, 0.29) is 10.6 Å². The van der Waals surface area contributed by atoms with Crippen molar-refractivity contribution < 1.29 is 8.42 Å². The Morgan fingerprint density at radius 1 is 1.25 bits per heavy atom. The Kier molecular flexibility index (Phi) is 5.12. The molecule has 0 amide bonds. The fourth-order valence-corrected chi connectivity index (χ4v) is 3.46. The van der Waals surface area contributed by atoms with Gasteiger partial charge in [0.1, 0.15) is 0 Å². The van der Waals surface area contributed by atoms with Crippen molar-refractivity contribution in [2.75, 3.05) is 25.4 Å². The van der Waals surface area contributed by atoms with Gasteiger partial charge in [0.2, 0.25) is 0 Å². The molecule has 1 N–H and O–H groups in total. The standard InChI is InChI=1S/C14H19N3O2S/c15-12-13-5-4-6-14(11-13)20(18,19)10-7-16-17-8-2-1-3-9-17/h4-6,11,16H,1-3,7-10H2. The Labute approximate surface area is 120 Å². The minimum atomic E-state index is -3.33. The van der Waals surface area contributed by atoms with E-state index in [1.807, 2.05) is 6.07 Å². The van der Waals surface area contributed by atoms with E-state index < -0.39 is 9.84 Å². The van der Waals surface area contributed by atoms with Gasteiger partial charge in [0, 0.05) is 19.6 Å². The highest BCUT2D eigenvalue weighted by molar-refractivity contribution is 7.91. The number of nitrogens with zero attached hydrogens (tertiary/aromatic N) is 2. The summed E-state index contributed by atoms with van der Waals surface area (Å²) in [4.78, 5) is 0.219. The van der Waals surface area contributed by atoms with Crippen molar-refractivity contribution >= 4 is 9.84 Å². The molecule has 0 radical (unpaired) electrons. The van der Waals surface area contributed by atoms with Crippen LogP contribution in [-0.2, 0) is 9.84 Å². The fourth-order valence-electron chi connectivity index (χ4n) is 2.27. The zero-order valence-corrected chi connectivity index (χ0v) is 12.2. The lowest BCUT2D eigenvalue weighted by atomic mass is 10.2. The van der Waals surface area contributed by atoms with Crippen LogP contribution in [0.3, 0.4) is 0 Å². The van der Waals surface area contributed by atoms with Gasteiger partial charge in [0.15, 0.2) is 9.84 Å². The zero-order valence-electron chi connectivity index (χ0n) is 11.4. The molecule has 1 aromatic carbocycles. The maximum absolute atomic E-state index is 12.2. The number of nitriles is 1. The number of benzene rings is 1. The normalized spacial score (nSPS) is 16.8. The molecule has 1 heterocycles. The molecule has 0 aliphatic carbocycles. The molecule has 1 aliphatic rings. The van der Waals surface area contributed by atoms with Crippen molar-refractivity contribution in [2.45, 2.75) is 24.2 Å². The van der Waals surface area contributed by atoms with Crippen LogP contribution in [0.15, 0.2) is 29.2 Å². The van der Waals surface area contributed by atoms with Crippen LogP contribution in [0.5, 0.6) is 0 Å². The third-order valence-electron chi connectivity index (χ3n) is 3.38. The summed E-state index contributed by atoms with van der Waals surface area (Å²) in [6.07, 6.45) is 3.56. The molecule has 2 rings (SSSR count). The Morgan fingerprint density at radius 2 is 2.00 bits per heavy atom. The van der Waals surface area contributed by atoms with E-state index in [1.54, 1.807) is 12.1 Å². The first-order chi connectivity index (χ1) is 9.62. The van der Waals surface area contributed by atoms with Crippen LogP contribution in [0.4, 0.5) is 0 Å². The summed E-state index contributed by atoms with van der Waals surface area (Å²) in [6.45, 7) is 2.35. The first-order valence-electron chi connectivity index (χ1n) is 6.83. The Bertz CT molecular complexity index is 587. The molecule has 1 fully saturated rings. The lowest BCUT2D eigenvalue weighted by molar-refractivity contribution is 0.159. The van der Waals surface area contributed by atoms with E-state index in [0.29, 0.717) is 12.1 Å². The molecule has 0 unspecified atom stereocenters. The molecule has 0 saturated carbocycles. The van der Waals surface area contributed by atoms with E-state index in [9.17, 15) is 8.42 Å². The van der Waals surface area contributed by atoms with Crippen LogP contribution in [-0.4, -0.2) is 38.8 Å². The second-order valence-electron chi connectivity index (χ2n) is 4.91. The number of hydrogen-bond donors (Lipinski definition) is 1. The number of rotatable bonds is 5. The molecule has 108 valence electrons. The number of hydrazine groups is 1. The molecule has 1 aromatic rings. The molecular formula is C14H19N3O2S. The summed E-state index contributed by atoms with van der Waals surface area (Å²) in [5, 5.41) is 10.9. The summed E-state index contributed by atoms with van der Waals surface area (Å²) in [5.74, 6) is 0.0401. The van der Waals surface area contributed by atoms with Gasteiger partial charge in [0.05, 0.1) is 22.3 Å². The topological polar surface area (TPSA) is 73.2 Å². The van der Waals surface area contributed by atoms with Crippen molar-refractivity contribution in [3.8, 4) is 6.07 Å². The van der Waals surface area contributed by atoms with Gasteiger partial charge in [-0.3, -0.25) is 5.43 Å². The molecule has 6 heteroatoms. The minimum Gasteiger partial charge on any atom is -0.254 e. The van der Waals surface area contributed by atoms with E-state index in [1.165, 1.54) is 18.6 Å². The molecule has 0 atom stereocenters. The minimum absolute atomic E-state index is 0.0401. The summed E-state index contributed by atoms with van der Waals surface area (Å²) in [6, 6.07) is 8.13. The Morgan fingerprint density at radius 3 is 2.70 bits per heavy atom. The highest BCUT2D eigenvalue weighted by Crippen LogP contribution is 2.13. The smallest absolute Gasteiger partial charge is 0.179 e. The van der Waals surface area contributed by atoms with Gasteiger partial charge in [-0.15, -0.1) is 0 Å². The first kappa shape index (κ1) is 15.0. The van der Waals surface area contributed by atoms with Crippen molar-refractivity contribution in [2.24, 2.45) is 0 Å². The number of sulfone groups is 1. The predicted octanol–water partition coefficient (Wildman–Crippen LogP) is 1.32. The highest BCUT2D eigenvalue weighted by atomic mass is 32.2. The van der Waals surface area contributed by atoms with Crippen LogP contribution in [0.25, 0.3) is 0 Å². The summed E-state index contributed by atoms with van der Waals surface area (Å²) >= 11 is 0. The highest BCUT2D eigenvalue weighted by Gasteiger charge is 2.16. The molecule has 0 bridgehead atoms. The SMILES string of the molecule is N#Cc1cccc(S(=O)(=O)CCNN2CCCCC2)c1. The van der Waals surface area contributed by atoms with Gasteiger partial charge in [-0.25, -0.2) is 13.4 Å². The van der Waals surface area contributed by atoms with Gasteiger partial charge >= 0.3 is 0 Å². The monoisotopic (exact) mass is 293 g/mol. The van der Waals surface area contributed by atoms with Gasteiger partial charge < -0.3 is 0 Å². The molecule has 0 spiro atoms. The number of nitrogens with one attached hydrogen (secondary N) is 1. The molecular weight excluding hydrogens is 274 g/mol. The van der Waals surface area contributed by atoms with Gasteiger partial charge in [-0.1, -0.05) is 12.5 Å². The quantitative estimate of drug-likeness (QED) is 0.886. The van der Waals surface area contributed by atoms with Crippen LogP contribution >= 0.6 is 0 Å². The van der Waals surface area contributed by atoms with Gasteiger partial charge in [-0.2, -0.15) is 5.26 Å². The number of hydrogen-bond acceptors (Lipinski definition) is 5. The van der Waals surface area contributed by atoms with Crippen molar-refractivity contribution in [1.82, 2.24) is 10.4 Å². The molecule has 0 aromatic heterocycles. The third-order valence-corrected chi connectivity index (χ3v) is 5.10. The largest absolute Gasteiger partial charge is 0.254 e. The van der Waals surface area contributed by atoms with Crippen LogP contribution in [0.1, 0.15) is 24.8 Å². The fraction of sp³-hybridized carbons (Fsp3) is 0.500. The predicted molar refractivity (Wildman–Crippen MR) is 76.6 cm³/mol. The second kappa shape index (κ2) is 6.84. The maximum atomic E-state index is 12.2. The van der Waals surface area contributed by atoms with Gasteiger partial charge in [0.25, 0.3) is 0 Å². The third kappa shape index (κ3) is 4.04. The Balaban J connectivity index is 1.91. The van der Waals surface area contributed by atoms with E-state index in [4.69, 9.17) is 5.26 Å². The average molecular weight is 293 g/mol. The maximum Gasteiger partial charge on any atom is 0.179 e. The summed E-state index contributed by atoms with van der Waals surface area (Å²) in [5.41, 5.74) is 3.54. The zero-order chi connectivity index (χ0) is 14.4. The van der Waals surface area contributed by atoms with E-state index in [0.717, 1.165) is 25.9 Å². The molecule has 20 heavy (non-hydrogen) atoms. The summed E-state index contributed by atoms with van der Waals surface area (Å²) in [7, 11) is -3.33. The van der Waals surface area contributed by atoms with E-state index in [2.05, 4.69) is 10.4 Å². The van der Waals surface area contributed by atoms with Gasteiger partial charge in [-0.05, 0) is 31.0 Å². The van der Waals surface area contributed by atoms with Crippen molar-refractivity contribution in [3.63, 3.8) is 0 Å².